The van der Waals surface area contributed by atoms with E-state index in [4.69, 9.17) is 4.74 Å². The van der Waals surface area contributed by atoms with Gasteiger partial charge in [0.05, 0.1) is 11.3 Å². The van der Waals surface area contributed by atoms with Gasteiger partial charge in [0.2, 0.25) is 0 Å². The van der Waals surface area contributed by atoms with Crippen molar-refractivity contribution in [3.8, 4) is 0 Å². The second-order valence-corrected chi connectivity index (χ2v) is 6.25. The van der Waals surface area contributed by atoms with Crippen LogP contribution in [0.2, 0.25) is 0 Å². The molecule has 1 aromatic heterocycles. The maximum Gasteiger partial charge on any atom is 0.0835 e. The van der Waals surface area contributed by atoms with Gasteiger partial charge in [-0.2, -0.15) is 5.10 Å². The molecule has 1 N–H and O–H groups in total. The molecule has 0 saturated heterocycles. The molecule has 1 heterocycles. The summed E-state index contributed by atoms with van der Waals surface area (Å²) in [6.45, 7) is 5.49. The summed E-state index contributed by atoms with van der Waals surface area (Å²) in [6, 6.07) is 2.46. The van der Waals surface area contributed by atoms with E-state index in [1.807, 2.05) is 25.0 Å². The minimum atomic E-state index is -0.0277. The number of likely N-dealkylation sites (N-methyl/N-ethyl adjacent to an activating group) is 1. The quantitative estimate of drug-likeness (QED) is 0.870. The van der Waals surface area contributed by atoms with E-state index in [2.05, 4.69) is 30.3 Å². The van der Waals surface area contributed by atoms with Crippen LogP contribution in [0.3, 0.4) is 0 Å². The highest BCUT2D eigenvalue weighted by Gasteiger charge is 2.41. The summed E-state index contributed by atoms with van der Waals surface area (Å²) in [7, 11) is 3.85. The van der Waals surface area contributed by atoms with Crippen LogP contribution in [-0.4, -0.2) is 35.1 Å². The van der Waals surface area contributed by atoms with Crippen LogP contribution in [-0.2, 0) is 18.2 Å². The van der Waals surface area contributed by atoms with Crippen molar-refractivity contribution in [2.45, 2.75) is 57.6 Å². The monoisotopic (exact) mass is 279 g/mol. The smallest absolute Gasteiger partial charge is 0.0835 e. The summed E-state index contributed by atoms with van der Waals surface area (Å²) in [5.41, 5.74) is 1.12. The van der Waals surface area contributed by atoms with Gasteiger partial charge in [0.15, 0.2) is 0 Å². The number of nitrogens with zero attached hydrogens (tertiary/aromatic N) is 2. The van der Waals surface area contributed by atoms with Crippen molar-refractivity contribution in [3.63, 3.8) is 0 Å². The third-order valence-electron chi connectivity index (χ3n) is 4.79. The molecule has 0 radical (unpaired) electrons. The molecular formula is C16H29N3O. The minimum absolute atomic E-state index is 0.0277. The Kier molecular flexibility index (Phi) is 5.22. The van der Waals surface area contributed by atoms with Crippen molar-refractivity contribution in [3.05, 3.63) is 18.0 Å². The topological polar surface area (TPSA) is 39.1 Å². The largest absolute Gasteiger partial charge is 0.377 e. The fourth-order valence-electron chi connectivity index (χ4n) is 3.42. The van der Waals surface area contributed by atoms with Gasteiger partial charge in [-0.15, -0.1) is 0 Å². The number of methoxy groups -OCH3 is 1. The molecule has 1 unspecified atom stereocenters. The molecule has 1 aliphatic rings. The van der Waals surface area contributed by atoms with Gasteiger partial charge in [0.25, 0.3) is 0 Å². The Morgan fingerprint density at radius 2 is 2.20 bits per heavy atom. The van der Waals surface area contributed by atoms with Crippen molar-refractivity contribution >= 4 is 0 Å². The van der Waals surface area contributed by atoms with E-state index in [0.717, 1.165) is 37.4 Å². The maximum atomic E-state index is 6.02. The molecule has 2 rings (SSSR count). The van der Waals surface area contributed by atoms with Crippen LogP contribution in [0.25, 0.3) is 0 Å². The highest BCUT2D eigenvalue weighted by atomic mass is 16.5. The van der Waals surface area contributed by atoms with E-state index < -0.39 is 0 Å². The standard InChI is InChI=1S/C16H29N3O/c1-5-17-15(12-14-8-11-19(3)18-14)16(20-4)9-6-13(2)7-10-16/h8,11,13,15,17H,5-7,9-10,12H2,1-4H3. The van der Waals surface area contributed by atoms with Crippen LogP contribution in [0.1, 0.15) is 45.2 Å². The van der Waals surface area contributed by atoms with Crippen LogP contribution < -0.4 is 5.32 Å². The van der Waals surface area contributed by atoms with E-state index in [-0.39, 0.29) is 5.60 Å². The summed E-state index contributed by atoms with van der Waals surface area (Å²) in [5, 5.41) is 8.17. The Balaban J connectivity index is 2.12. The second kappa shape index (κ2) is 6.72. The summed E-state index contributed by atoms with van der Waals surface area (Å²) in [5.74, 6) is 0.829. The van der Waals surface area contributed by atoms with Gasteiger partial charge >= 0.3 is 0 Å². The van der Waals surface area contributed by atoms with Crippen LogP contribution in [0.5, 0.6) is 0 Å². The lowest BCUT2D eigenvalue weighted by Crippen LogP contribution is -2.55. The van der Waals surface area contributed by atoms with Crippen molar-refractivity contribution < 1.29 is 4.74 Å². The first-order chi connectivity index (χ1) is 9.59. The first kappa shape index (κ1) is 15.5. The fourth-order valence-corrected chi connectivity index (χ4v) is 3.42. The molecule has 4 heteroatoms. The summed E-state index contributed by atoms with van der Waals surface area (Å²) in [6.07, 6.45) is 7.78. The number of rotatable bonds is 6. The van der Waals surface area contributed by atoms with Crippen LogP contribution in [0.4, 0.5) is 0 Å². The third kappa shape index (κ3) is 3.41. The lowest BCUT2D eigenvalue weighted by Gasteiger charge is -2.44. The predicted octanol–water partition coefficient (Wildman–Crippen LogP) is 2.54. The number of ether oxygens (including phenoxy) is 1. The van der Waals surface area contributed by atoms with E-state index >= 15 is 0 Å². The van der Waals surface area contributed by atoms with Crippen molar-refractivity contribution in [1.29, 1.82) is 0 Å². The molecule has 0 aliphatic heterocycles. The molecule has 0 amide bonds. The number of aryl methyl sites for hydroxylation is 1. The molecule has 1 aliphatic carbocycles. The first-order valence-corrected chi connectivity index (χ1v) is 7.86. The second-order valence-electron chi connectivity index (χ2n) is 6.25. The highest BCUT2D eigenvalue weighted by molar-refractivity contribution is 5.07. The van der Waals surface area contributed by atoms with Crippen molar-refractivity contribution in [2.24, 2.45) is 13.0 Å². The molecule has 4 nitrogen and oxygen atoms in total. The Hall–Kier alpha value is -0.870. The maximum absolute atomic E-state index is 6.02. The number of hydrogen-bond donors (Lipinski definition) is 1. The normalized spacial score (nSPS) is 28.5. The predicted molar refractivity (Wildman–Crippen MR) is 81.7 cm³/mol. The lowest BCUT2D eigenvalue weighted by molar-refractivity contribution is -0.0744. The zero-order chi connectivity index (χ0) is 14.6. The summed E-state index contributed by atoms with van der Waals surface area (Å²) >= 11 is 0. The molecule has 20 heavy (non-hydrogen) atoms. The van der Waals surface area contributed by atoms with Gasteiger partial charge in [0.1, 0.15) is 0 Å². The fraction of sp³-hybridized carbons (Fsp3) is 0.812. The Morgan fingerprint density at radius 1 is 1.50 bits per heavy atom. The van der Waals surface area contributed by atoms with Crippen LogP contribution >= 0.6 is 0 Å². The Bertz CT molecular complexity index is 408. The van der Waals surface area contributed by atoms with Gasteiger partial charge in [-0.25, -0.2) is 0 Å². The molecular weight excluding hydrogens is 250 g/mol. The Morgan fingerprint density at radius 3 is 2.70 bits per heavy atom. The van der Waals surface area contributed by atoms with Gasteiger partial charge in [0, 0.05) is 32.8 Å². The highest BCUT2D eigenvalue weighted by Crippen LogP contribution is 2.37. The van der Waals surface area contributed by atoms with Crippen LogP contribution in [0, 0.1) is 5.92 Å². The van der Waals surface area contributed by atoms with Crippen molar-refractivity contribution in [1.82, 2.24) is 15.1 Å². The molecule has 1 atom stereocenters. The molecule has 0 aromatic carbocycles. The lowest BCUT2D eigenvalue weighted by atomic mass is 9.74. The molecule has 1 fully saturated rings. The van der Waals surface area contributed by atoms with Crippen LogP contribution in [0.15, 0.2) is 12.3 Å². The molecule has 1 aromatic rings. The first-order valence-electron chi connectivity index (χ1n) is 7.86. The van der Waals surface area contributed by atoms with Gasteiger partial charge in [-0.05, 0) is 44.2 Å². The Labute approximate surface area is 122 Å². The SMILES string of the molecule is CCNC(Cc1ccn(C)n1)C1(OC)CCC(C)CC1. The molecule has 0 bridgehead atoms. The average Bonchev–Trinajstić information content (AvgIpc) is 2.85. The zero-order valence-electron chi connectivity index (χ0n) is 13.4. The summed E-state index contributed by atoms with van der Waals surface area (Å²) < 4.78 is 7.90. The zero-order valence-corrected chi connectivity index (χ0v) is 13.4. The van der Waals surface area contributed by atoms with E-state index in [9.17, 15) is 0 Å². The van der Waals surface area contributed by atoms with E-state index in [1.54, 1.807) is 0 Å². The van der Waals surface area contributed by atoms with E-state index in [1.165, 1.54) is 12.8 Å². The van der Waals surface area contributed by atoms with E-state index in [0.29, 0.717) is 6.04 Å². The minimum Gasteiger partial charge on any atom is -0.377 e. The summed E-state index contributed by atoms with van der Waals surface area (Å²) in [4.78, 5) is 0. The van der Waals surface area contributed by atoms with Gasteiger partial charge < -0.3 is 10.1 Å². The number of hydrogen-bond acceptors (Lipinski definition) is 3. The molecule has 1 saturated carbocycles. The van der Waals surface area contributed by atoms with Gasteiger partial charge in [-0.3, -0.25) is 4.68 Å². The molecule has 0 spiro atoms. The number of nitrogens with one attached hydrogen (secondary N) is 1. The van der Waals surface area contributed by atoms with Gasteiger partial charge in [-0.1, -0.05) is 13.8 Å². The molecule has 114 valence electrons. The van der Waals surface area contributed by atoms with Crippen molar-refractivity contribution in [2.75, 3.05) is 13.7 Å². The third-order valence-corrected chi connectivity index (χ3v) is 4.79. The number of aromatic nitrogens is 2. The average molecular weight is 279 g/mol.